The summed E-state index contributed by atoms with van der Waals surface area (Å²) in [5.41, 5.74) is 4.45. The molecule has 1 unspecified atom stereocenters. The van der Waals surface area contributed by atoms with Crippen LogP contribution in [0, 0.1) is 17.2 Å². The standard InChI is InChI=1S/C25H29N5OS3/c1-3-30-23(19-13-32-21-11-15(2)9-10-17(19)21)28-29-25(30)33-14-22(31)27-24-18(12-26)16-7-5-4-6-8-20(16)34-24/h13,15H,3-11,14H2,1-2H3,(H,27,31). The Morgan fingerprint density at radius 1 is 1.24 bits per heavy atom. The smallest absolute Gasteiger partial charge is 0.235 e. The largest absolute Gasteiger partial charge is 0.316 e. The van der Waals surface area contributed by atoms with Gasteiger partial charge in [0.25, 0.3) is 0 Å². The quantitative estimate of drug-likeness (QED) is 0.320. The molecule has 1 amide bonds. The van der Waals surface area contributed by atoms with E-state index in [1.165, 1.54) is 45.5 Å². The van der Waals surface area contributed by atoms with Gasteiger partial charge in [-0.25, -0.2) is 0 Å². The lowest BCUT2D eigenvalue weighted by Crippen LogP contribution is -2.14. The lowest BCUT2D eigenvalue weighted by Gasteiger charge is -2.19. The van der Waals surface area contributed by atoms with E-state index in [0.717, 1.165) is 67.5 Å². The number of nitrogens with one attached hydrogen (secondary N) is 1. The Morgan fingerprint density at radius 3 is 2.91 bits per heavy atom. The van der Waals surface area contributed by atoms with Crippen molar-refractivity contribution >= 4 is 45.3 Å². The van der Waals surface area contributed by atoms with Crippen LogP contribution in [0.3, 0.4) is 0 Å². The van der Waals surface area contributed by atoms with Gasteiger partial charge in [-0.3, -0.25) is 4.79 Å². The van der Waals surface area contributed by atoms with Crippen LogP contribution < -0.4 is 5.32 Å². The minimum Gasteiger partial charge on any atom is -0.316 e. The summed E-state index contributed by atoms with van der Waals surface area (Å²) >= 11 is 4.82. The van der Waals surface area contributed by atoms with E-state index >= 15 is 0 Å². The Hall–Kier alpha value is -2.15. The van der Waals surface area contributed by atoms with Crippen LogP contribution in [-0.4, -0.2) is 26.4 Å². The van der Waals surface area contributed by atoms with Crippen molar-refractivity contribution in [3.8, 4) is 17.5 Å². The Labute approximate surface area is 212 Å². The summed E-state index contributed by atoms with van der Waals surface area (Å²) in [5, 5.41) is 25.4. The number of fused-ring (bicyclic) bond motifs is 2. The fourth-order valence-electron chi connectivity index (χ4n) is 4.99. The van der Waals surface area contributed by atoms with Crippen molar-refractivity contribution in [3.63, 3.8) is 0 Å². The van der Waals surface area contributed by atoms with Crippen LogP contribution in [0.2, 0.25) is 0 Å². The summed E-state index contributed by atoms with van der Waals surface area (Å²) in [7, 11) is 0. The predicted octanol–water partition coefficient (Wildman–Crippen LogP) is 6.08. The van der Waals surface area contributed by atoms with E-state index in [4.69, 9.17) is 0 Å². The molecule has 1 N–H and O–H groups in total. The SMILES string of the molecule is CCn1c(SCC(=O)Nc2sc3c(c2C#N)CCCCC3)nnc1-c1csc2c1CCC(C)C2. The van der Waals surface area contributed by atoms with Gasteiger partial charge in [0.15, 0.2) is 11.0 Å². The van der Waals surface area contributed by atoms with Crippen LogP contribution in [0.15, 0.2) is 10.5 Å². The average molecular weight is 512 g/mol. The van der Waals surface area contributed by atoms with Gasteiger partial charge in [0.05, 0.1) is 11.3 Å². The van der Waals surface area contributed by atoms with Gasteiger partial charge in [-0.1, -0.05) is 25.1 Å². The first-order valence-electron chi connectivity index (χ1n) is 12.1. The van der Waals surface area contributed by atoms with Crippen LogP contribution in [0.25, 0.3) is 11.4 Å². The molecule has 6 nitrogen and oxygen atoms in total. The first-order valence-corrected chi connectivity index (χ1v) is 14.8. The zero-order valence-corrected chi connectivity index (χ0v) is 22.1. The third-order valence-corrected chi connectivity index (χ3v) is 10.0. The van der Waals surface area contributed by atoms with E-state index < -0.39 is 0 Å². The average Bonchev–Trinajstić information content (AvgIpc) is 3.47. The second kappa shape index (κ2) is 10.2. The number of rotatable bonds is 6. The second-order valence-electron chi connectivity index (χ2n) is 9.17. The van der Waals surface area contributed by atoms with Crippen molar-refractivity contribution < 1.29 is 4.79 Å². The summed E-state index contributed by atoms with van der Waals surface area (Å²) in [6.07, 6.45) is 8.89. The molecule has 34 heavy (non-hydrogen) atoms. The number of hydrogen-bond donors (Lipinski definition) is 1. The minimum atomic E-state index is -0.105. The van der Waals surface area contributed by atoms with Crippen LogP contribution in [0.1, 0.15) is 66.0 Å². The molecule has 0 aliphatic heterocycles. The van der Waals surface area contributed by atoms with Crippen molar-refractivity contribution in [2.45, 2.75) is 76.9 Å². The van der Waals surface area contributed by atoms with E-state index in [1.54, 1.807) is 11.3 Å². The van der Waals surface area contributed by atoms with Crippen LogP contribution in [0.4, 0.5) is 5.00 Å². The Morgan fingerprint density at radius 2 is 2.09 bits per heavy atom. The number of aromatic nitrogens is 3. The third-order valence-electron chi connectivity index (χ3n) is 6.79. The molecule has 0 radical (unpaired) electrons. The van der Waals surface area contributed by atoms with Gasteiger partial charge in [-0.05, 0) is 68.9 Å². The fraction of sp³-hybridized carbons (Fsp3) is 0.520. The number of carbonyl (C=O) groups excluding carboxylic acids is 1. The number of thioether (sulfide) groups is 1. The number of carbonyl (C=O) groups is 1. The highest BCUT2D eigenvalue weighted by Crippen LogP contribution is 2.39. The topological polar surface area (TPSA) is 83.6 Å². The lowest BCUT2D eigenvalue weighted by molar-refractivity contribution is -0.113. The molecule has 5 rings (SSSR count). The van der Waals surface area contributed by atoms with Crippen molar-refractivity contribution in [1.82, 2.24) is 14.8 Å². The van der Waals surface area contributed by atoms with Gasteiger partial charge >= 0.3 is 0 Å². The summed E-state index contributed by atoms with van der Waals surface area (Å²) in [5.74, 6) is 1.79. The molecule has 178 valence electrons. The number of aryl methyl sites for hydroxylation is 1. The van der Waals surface area contributed by atoms with Gasteiger partial charge in [0, 0.05) is 27.2 Å². The van der Waals surface area contributed by atoms with Gasteiger partial charge in [-0.15, -0.1) is 32.9 Å². The molecule has 0 fully saturated rings. The molecule has 0 saturated heterocycles. The van der Waals surface area contributed by atoms with Gasteiger partial charge in [0.2, 0.25) is 5.91 Å². The maximum atomic E-state index is 12.8. The molecule has 3 aromatic rings. The van der Waals surface area contributed by atoms with E-state index in [9.17, 15) is 10.1 Å². The molecule has 0 aromatic carbocycles. The Kier molecular flexibility index (Phi) is 7.09. The zero-order chi connectivity index (χ0) is 23.7. The predicted molar refractivity (Wildman–Crippen MR) is 140 cm³/mol. The van der Waals surface area contributed by atoms with Crippen molar-refractivity contribution in [3.05, 3.63) is 31.8 Å². The van der Waals surface area contributed by atoms with E-state index in [2.05, 4.69) is 45.4 Å². The molecule has 3 heterocycles. The molecular formula is C25H29N5OS3. The Bertz CT molecular complexity index is 1250. The molecular weight excluding hydrogens is 483 g/mol. The van der Waals surface area contributed by atoms with Gasteiger partial charge in [-0.2, -0.15) is 5.26 Å². The minimum absolute atomic E-state index is 0.105. The van der Waals surface area contributed by atoms with Crippen molar-refractivity contribution in [2.75, 3.05) is 11.1 Å². The number of thiophene rings is 2. The molecule has 0 saturated carbocycles. The molecule has 0 spiro atoms. The normalized spacial score (nSPS) is 17.5. The van der Waals surface area contributed by atoms with Crippen molar-refractivity contribution in [2.24, 2.45) is 5.92 Å². The molecule has 9 heteroatoms. The number of nitrogens with zero attached hydrogens (tertiary/aromatic N) is 4. The highest BCUT2D eigenvalue weighted by molar-refractivity contribution is 7.99. The number of hydrogen-bond acceptors (Lipinski definition) is 7. The number of amides is 1. The van der Waals surface area contributed by atoms with Crippen LogP contribution >= 0.6 is 34.4 Å². The molecule has 0 bridgehead atoms. The van der Waals surface area contributed by atoms with Crippen molar-refractivity contribution in [1.29, 1.82) is 5.26 Å². The summed E-state index contributed by atoms with van der Waals surface area (Å²) < 4.78 is 2.12. The maximum absolute atomic E-state index is 12.8. The maximum Gasteiger partial charge on any atom is 0.235 e. The second-order valence-corrected chi connectivity index (χ2v) is 12.2. The number of nitriles is 1. The summed E-state index contributed by atoms with van der Waals surface area (Å²) in [6.45, 7) is 5.17. The summed E-state index contributed by atoms with van der Waals surface area (Å²) in [6, 6.07) is 2.34. The van der Waals surface area contributed by atoms with Gasteiger partial charge in [0.1, 0.15) is 11.1 Å². The van der Waals surface area contributed by atoms with E-state index in [1.807, 2.05) is 11.3 Å². The molecule has 3 aromatic heterocycles. The first kappa shape index (κ1) is 23.6. The van der Waals surface area contributed by atoms with E-state index in [0.29, 0.717) is 10.6 Å². The summed E-state index contributed by atoms with van der Waals surface area (Å²) in [4.78, 5) is 15.5. The van der Waals surface area contributed by atoms with Crippen LogP contribution in [-0.2, 0) is 37.0 Å². The van der Waals surface area contributed by atoms with E-state index in [-0.39, 0.29) is 11.7 Å². The highest BCUT2D eigenvalue weighted by atomic mass is 32.2. The zero-order valence-electron chi connectivity index (χ0n) is 19.6. The molecule has 2 aliphatic rings. The monoisotopic (exact) mass is 511 g/mol. The Balaban J connectivity index is 1.29. The third kappa shape index (κ3) is 4.56. The number of anilines is 1. The molecule has 2 aliphatic carbocycles. The highest BCUT2D eigenvalue weighted by Gasteiger charge is 2.25. The fourth-order valence-corrected chi connectivity index (χ4v) is 8.29. The lowest BCUT2D eigenvalue weighted by atomic mass is 9.88. The van der Waals surface area contributed by atoms with Gasteiger partial charge < -0.3 is 9.88 Å². The molecule has 1 atom stereocenters. The first-order chi connectivity index (χ1) is 16.6. The van der Waals surface area contributed by atoms with Crippen LogP contribution in [0.5, 0.6) is 0 Å².